The van der Waals surface area contributed by atoms with Crippen LogP contribution in [0.4, 0.5) is 11.4 Å². The number of hydrogen-bond acceptors (Lipinski definition) is 3. The summed E-state index contributed by atoms with van der Waals surface area (Å²) < 4.78 is 0. The Hall–Kier alpha value is -1.55. The van der Waals surface area contributed by atoms with Crippen LogP contribution in [-0.4, -0.2) is 38.6 Å². The average Bonchev–Trinajstić information content (AvgIpc) is 2.83. The van der Waals surface area contributed by atoms with Crippen molar-refractivity contribution < 1.29 is 4.79 Å². The second-order valence-corrected chi connectivity index (χ2v) is 5.46. The van der Waals surface area contributed by atoms with Crippen LogP contribution in [0.15, 0.2) is 18.2 Å². The summed E-state index contributed by atoms with van der Waals surface area (Å²) in [6.07, 6.45) is 1.13. The molecule has 3 heterocycles. The molecule has 1 fully saturated rings. The highest BCUT2D eigenvalue weighted by Crippen LogP contribution is 2.49. The first kappa shape index (κ1) is 15.8. The van der Waals surface area contributed by atoms with Crippen LogP contribution < -0.4 is 15.1 Å². The maximum Gasteiger partial charge on any atom is 0.246 e. The molecule has 1 aromatic carbocycles. The molecule has 1 unspecified atom stereocenters. The molecule has 1 aromatic rings. The number of rotatable bonds is 0. The Morgan fingerprint density at radius 1 is 1.29 bits per heavy atom. The van der Waals surface area contributed by atoms with Gasteiger partial charge < -0.3 is 15.1 Å². The van der Waals surface area contributed by atoms with Crippen molar-refractivity contribution in [3.8, 4) is 0 Å². The molecule has 3 aliphatic heterocycles. The van der Waals surface area contributed by atoms with Crippen LogP contribution in [0, 0.1) is 0 Å². The maximum absolute atomic E-state index is 12.1. The van der Waals surface area contributed by atoms with Gasteiger partial charge in [0, 0.05) is 25.6 Å². The predicted molar refractivity (Wildman–Crippen MR) is 89.3 cm³/mol. The molecule has 4 nitrogen and oxygen atoms in total. The molecule has 4 rings (SSSR count). The van der Waals surface area contributed by atoms with Gasteiger partial charge in [-0.25, -0.2) is 0 Å². The molecule has 0 aliphatic carbocycles. The minimum atomic E-state index is 0. The first-order chi connectivity index (χ1) is 9.77. The third kappa shape index (κ3) is 2.22. The van der Waals surface area contributed by atoms with Crippen molar-refractivity contribution >= 4 is 17.3 Å². The molecule has 1 saturated heterocycles. The van der Waals surface area contributed by atoms with Crippen LogP contribution in [0.2, 0.25) is 0 Å². The molecule has 1 N–H and O–H groups in total. The van der Waals surface area contributed by atoms with Crippen LogP contribution in [0.5, 0.6) is 0 Å². The summed E-state index contributed by atoms with van der Waals surface area (Å²) in [6.45, 7) is 6.64. The van der Waals surface area contributed by atoms with Crippen molar-refractivity contribution in [3.05, 3.63) is 23.8 Å². The second-order valence-electron chi connectivity index (χ2n) is 5.46. The van der Waals surface area contributed by atoms with E-state index in [1.54, 1.807) is 4.90 Å². The SMILES string of the molecule is C.CC.CN1C(=O)CN2c3c(cccc31)C1CNCC[C@H]12. The van der Waals surface area contributed by atoms with Gasteiger partial charge in [0.25, 0.3) is 0 Å². The number of para-hydroxylation sites is 1. The lowest BCUT2D eigenvalue weighted by Gasteiger charge is -2.38. The molecule has 0 radical (unpaired) electrons. The molecule has 0 aromatic heterocycles. The van der Waals surface area contributed by atoms with Crippen LogP contribution >= 0.6 is 0 Å². The number of piperidine rings is 1. The van der Waals surface area contributed by atoms with E-state index in [1.807, 2.05) is 20.9 Å². The molecule has 116 valence electrons. The largest absolute Gasteiger partial charge is 0.357 e. The van der Waals surface area contributed by atoms with Crippen LogP contribution in [-0.2, 0) is 4.79 Å². The molecule has 1 amide bonds. The summed E-state index contributed by atoms with van der Waals surface area (Å²) in [5, 5.41) is 3.48. The van der Waals surface area contributed by atoms with Crippen LogP contribution in [0.1, 0.15) is 39.2 Å². The normalized spacial score (nSPS) is 25.4. The van der Waals surface area contributed by atoms with Crippen LogP contribution in [0.25, 0.3) is 0 Å². The zero-order valence-corrected chi connectivity index (χ0v) is 12.5. The summed E-state index contributed by atoms with van der Waals surface area (Å²) in [5.41, 5.74) is 3.81. The quantitative estimate of drug-likeness (QED) is 0.797. The van der Waals surface area contributed by atoms with E-state index in [1.165, 1.54) is 11.3 Å². The van der Waals surface area contributed by atoms with Gasteiger partial charge in [-0.2, -0.15) is 0 Å². The summed E-state index contributed by atoms with van der Waals surface area (Å²) in [7, 11) is 1.88. The zero-order chi connectivity index (χ0) is 14.3. The molecule has 0 bridgehead atoms. The van der Waals surface area contributed by atoms with Crippen molar-refractivity contribution in [3.63, 3.8) is 0 Å². The lowest BCUT2D eigenvalue weighted by atomic mass is 9.90. The van der Waals surface area contributed by atoms with Gasteiger partial charge in [-0.05, 0) is 24.6 Å². The van der Waals surface area contributed by atoms with Crippen molar-refractivity contribution in [2.45, 2.75) is 39.7 Å². The van der Waals surface area contributed by atoms with Gasteiger partial charge in [0.05, 0.1) is 17.9 Å². The van der Waals surface area contributed by atoms with Crippen molar-refractivity contribution in [2.24, 2.45) is 0 Å². The van der Waals surface area contributed by atoms with E-state index in [9.17, 15) is 4.79 Å². The van der Waals surface area contributed by atoms with Gasteiger partial charge in [-0.15, -0.1) is 0 Å². The number of anilines is 2. The van der Waals surface area contributed by atoms with Gasteiger partial charge >= 0.3 is 0 Å². The number of benzene rings is 1. The Morgan fingerprint density at radius 3 is 2.81 bits per heavy atom. The fraction of sp³-hybridized carbons (Fsp3) is 0.588. The molecule has 4 heteroatoms. The van der Waals surface area contributed by atoms with Gasteiger partial charge in [0.15, 0.2) is 0 Å². The zero-order valence-electron chi connectivity index (χ0n) is 12.5. The molecule has 0 spiro atoms. The molecule has 21 heavy (non-hydrogen) atoms. The van der Waals surface area contributed by atoms with Crippen molar-refractivity contribution in [1.82, 2.24) is 5.32 Å². The highest BCUT2D eigenvalue weighted by atomic mass is 16.2. The number of nitrogens with zero attached hydrogens (tertiary/aromatic N) is 2. The first-order valence-electron chi connectivity index (χ1n) is 7.64. The molecule has 0 saturated carbocycles. The Morgan fingerprint density at radius 2 is 2.05 bits per heavy atom. The number of nitrogens with one attached hydrogen (secondary N) is 1. The van der Waals surface area contributed by atoms with Gasteiger partial charge in [0.2, 0.25) is 5.91 Å². The van der Waals surface area contributed by atoms with Gasteiger partial charge in [-0.3, -0.25) is 4.79 Å². The Bertz CT molecular complexity index is 529. The molecule has 3 aliphatic rings. The number of likely N-dealkylation sites (N-methyl/N-ethyl adjacent to an activating group) is 1. The minimum absolute atomic E-state index is 0. The monoisotopic (exact) mass is 289 g/mol. The van der Waals surface area contributed by atoms with E-state index in [2.05, 4.69) is 28.4 Å². The highest BCUT2D eigenvalue weighted by molar-refractivity contribution is 6.04. The lowest BCUT2D eigenvalue weighted by molar-refractivity contribution is -0.117. The van der Waals surface area contributed by atoms with E-state index in [-0.39, 0.29) is 13.3 Å². The van der Waals surface area contributed by atoms with Gasteiger partial charge in [-0.1, -0.05) is 33.4 Å². The maximum atomic E-state index is 12.1. The number of carbonyl (C=O) groups excluding carboxylic acids is 1. The van der Waals surface area contributed by atoms with Crippen molar-refractivity contribution in [1.29, 1.82) is 0 Å². The topological polar surface area (TPSA) is 35.6 Å². The number of carbonyl (C=O) groups is 1. The van der Waals surface area contributed by atoms with E-state index in [0.717, 1.165) is 25.2 Å². The van der Waals surface area contributed by atoms with Crippen LogP contribution in [0.3, 0.4) is 0 Å². The Labute approximate surface area is 128 Å². The summed E-state index contributed by atoms with van der Waals surface area (Å²) in [4.78, 5) is 16.2. The van der Waals surface area contributed by atoms with E-state index in [0.29, 0.717) is 18.5 Å². The van der Waals surface area contributed by atoms with E-state index < -0.39 is 0 Å². The van der Waals surface area contributed by atoms with Crippen molar-refractivity contribution in [2.75, 3.05) is 36.5 Å². The predicted octanol–water partition coefficient (Wildman–Crippen LogP) is 2.59. The van der Waals surface area contributed by atoms with E-state index in [4.69, 9.17) is 0 Å². The molecule has 2 atom stereocenters. The third-order valence-electron chi connectivity index (χ3n) is 4.62. The number of hydrogen-bond donors (Lipinski definition) is 1. The molecular weight excluding hydrogens is 262 g/mol. The summed E-state index contributed by atoms with van der Waals surface area (Å²) in [6, 6.07) is 6.89. The second kappa shape index (κ2) is 6.06. The Kier molecular flexibility index (Phi) is 4.57. The summed E-state index contributed by atoms with van der Waals surface area (Å²) in [5.74, 6) is 0.756. The standard InChI is InChI=1S/C14H17N3O.C2H6.CH4/c1-16-12-4-2-3-9-10-7-15-6-5-11(10)17(14(9)12)8-13(16)18;1-2;/h2-4,10-11,15H,5-8H2,1H3;1-2H3;1H4/t10?,11-;;/m1../s1. The average molecular weight is 289 g/mol. The third-order valence-corrected chi connectivity index (χ3v) is 4.62. The fourth-order valence-corrected chi connectivity index (χ4v) is 3.71. The van der Waals surface area contributed by atoms with E-state index >= 15 is 0 Å². The fourth-order valence-electron chi connectivity index (χ4n) is 3.71. The van der Waals surface area contributed by atoms with Gasteiger partial charge in [0.1, 0.15) is 0 Å². The summed E-state index contributed by atoms with van der Waals surface area (Å²) >= 11 is 0. The number of fused-ring (bicyclic) bond motifs is 3. The lowest BCUT2D eigenvalue weighted by Crippen LogP contribution is -2.50. The molecular formula is C17H27N3O. The first-order valence-corrected chi connectivity index (χ1v) is 7.64. The smallest absolute Gasteiger partial charge is 0.246 e. The highest BCUT2D eigenvalue weighted by Gasteiger charge is 2.44. The minimum Gasteiger partial charge on any atom is -0.357 e. The Balaban J connectivity index is 0.000000517. The number of amides is 1.